The second-order valence-electron chi connectivity index (χ2n) is 9.57. The molecule has 0 saturated carbocycles. The Balaban J connectivity index is 1.32. The van der Waals surface area contributed by atoms with E-state index in [4.69, 9.17) is 9.47 Å². The summed E-state index contributed by atoms with van der Waals surface area (Å²) >= 11 is 0. The largest absolute Gasteiger partial charge is 0.494 e. The van der Waals surface area contributed by atoms with Crippen LogP contribution in [0.5, 0.6) is 5.75 Å². The third-order valence-electron chi connectivity index (χ3n) is 7.49. The number of ether oxygens (including phenoxy) is 2. The normalized spacial score (nSPS) is 23.6. The Kier molecular flexibility index (Phi) is 8.05. The van der Waals surface area contributed by atoms with Gasteiger partial charge in [-0.2, -0.15) is 0 Å². The van der Waals surface area contributed by atoms with Crippen LogP contribution in [0.3, 0.4) is 0 Å². The Morgan fingerprint density at radius 3 is 2.33 bits per heavy atom. The molecule has 3 saturated heterocycles. The zero-order chi connectivity index (χ0) is 20.7. The maximum atomic E-state index is 9.44. The molecule has 168 valence electrons. The summed E-state index contributed by atoms with van der Waals surface area (Å²) in [6.45, 7) is 9.83. The lowest BCUT2D eigenvalue weighted by molar-refractivity contribution is 0.0256. The molecule has 3 heterocycles. The molecule has 1 aromatic rings. The van der Waals surface area contributed by atoms with Crippen molar-refractivity contribution in [1.29, 1.82) is 0 Å². The lowest BCUT2D eigenvalue weighted by Crippen LogP contribution is -2.47. The third kappa shape index (κ3) is 5.76. The monoisotopic (exact) mass is 416 g/mol. The van der Waals surface area contributed by atoms with Crippen LogP contribution in [0.1, 0.15) is 50.5 Å². The minimum absolute atomic E-state index is 0.179. The van der Waals surface area contributed by atoms with Gasteiger partial charge in [-0.05, 0) is 94.7 Å². The van der Waals surface area contributed by atoms with Crippen LogP contribution in [0.15, 0.2) is 24.3 Å². The lowest BCUT2D eigenvalue weighted by Gasteiger charge is -2.43. The molecule has 1 N–H and O–H groups in total. The van der Waals surface area contributed by atoms with Crippen molar-refractivity contribution in [3.05, 3.63) is 29.8 Å². The zero-order valence-corrected chi connectivity index (χ0v) is 18.6. The van der Waals surface area contributed by atoms with Crippen molar-refractivity contribution in [2.45, 2.75) is 50.4 Å². The van der Waals surface area contributed by atoms with Crippen molar-refractivity contribution >= 4 is 0 Å². The molecule has 3 aliphatic rings. The zero-order valence-electron chi connectivity index (χ0n) is 18.6. The van der Waals surface area contributed by atoms with Crippen LogP contribution < -0.4 is 4.74 Å². The molecule has 0 atom stereocenters. The Labute approximate surface area is 182 Å². The number of likely N-dealkylation sites (tertiary alicyclic amines) is 2. The molecule has 0 aliphatic carbocycles. The quantitative estimate of drug-likeness (QED) is 0.626. The van der Waals surface area contributed by atoms with Crippen molar-refractivity contribution in [3.8, 4) is 5.75 Å². The standard InChI is InChI=1S/C25H40N2O3/c28-20-22-8-15-27(16-9-22)21-25(10-18-29-19-11-25)23-4-6-24(7-5-23)30-17-3-14-26-12-1-2-13-26/h4-7,22,28H,1-3,8-21H2. The first kappa shape index (κ1) is 22.1. The van der Waals surface area contributed by atoms with E-state index < -0.39 is 0 Å². The summed E-state index contributed by atoms with van der Waals surface area (Å²) in [7, 11) is 0. The van der Waals surface area contributed by atoms with E-state index in [-0.39, 0.29) is 5.41 Å². The number of piperidine rings is 1. The van der Waals surface area contributed by atoms with Gasteiger partial charge in [-0.1, -0.05) is 12.1 Å². The van der Waals surface area contributed by atoms with E-state index in [2.05, 4.69) is 34.1 Å². The van der Waals surface area contributed by atoms with E-state index in [0.717, 1.165) is 83.9 Å². The van der Waals surface area contributed by atoms with Gasteiger partial charge in [0, 0.05) is 38.3 Å². The highest BCUT2D eigenvalue weighted by atomic mass is 16.5. The van der Waals surface area contributed by atoms with Crippen LogP contribution in [0.2, 0.25) is 0 Å². The molecule has 0 bridgehead atoms. The summed E-state index contributed by atoms with van der Waals surface area (Å²) in [5.74, 6) is 1.49. The second kappa shape index (κ2) is 10.9. The highest BCUT2D eigenvalue weighted by Gasteiger charge is 2.37. The minimum Gasteiger partial charge on any atom is -0.494 e. The topological polar surface area (TPSA) is 45.2 Å². The van der Waals surface area contributed by atoms with Gasteiger partial charge < -0.3 is 24.4 Å². The fourth-order valence-corrected chi connectivity index (χ4v) is 5.44. The molecule has 5 nitrogen and oxygen atoms in total. The van der Waals surface area contributed by atoms with Crippen LogP contribution >= 0.6 is 0 Å². The van der Waals surface area contributed by atoms with E-state index in [9.17, 15) is 5.11 Å². The molecule has 3 fully saturated rings. The SMILES string of the molecule is OCC1CCN(CC2(c3ccc(OCCCN4CCCC4)cc3)CCOCC2)CC1. The molecule has 0 amide bonds. The van der Waals surface area contributed by atoms with Crippen LogP contribution in [0.4, 0.5) is 0 Å². The van der Waals surface area contributed by atoms with Gasteiger partial charge in [-0.15, -0.1) is 0 Å². The van der Waals surface area contributed by atoms with Gasteiger partial charge in [0.25, 0.3) is 0 Å². The number of rotatable bonds is 9. The Hall–Kier alpha value is -1.14. The number of hydrogen-bond donors (Lipinski definition) is 1. The number of aliphatic hydroxyl groups is 1. The Morgan fingerprint density at radius 2 is 1.67 bits per heavy atom. The molecule has 4 rings (SSSR count). The van der Waals surface area contributed by atoms with Gasteiger partial charge in [0.05, 0.1) is 6.61 Å². The molecular weight excluding hydrogens is 376 g/mol. The van der Waals surface area contributed by atoms with Gasteiger partial charge in [0.2, 0.25) is 0 Å². The van der Waals surface area contributed by atoms with Gasteiger partial charge in [0.1, 0.15) is 5.75 Å². The minimum atomic E-state index is 0.179. The average molecular weight is 417 g/mol. The van der Waals surface area contributed by atoms with Crippen molar-refractivity contribution in [3.63, 3.8) is 0 Å². The molecule has 3 aliphatic heterocycles. The van der Waals surface area contributed by atoms with E-state index in [1.165, 1.54) is 31.5 Å². The highest BCUT2D eigenvalue weighted by Crippen LogP contribution is 2.37. The molecule has 1 aromatic carbocycles. The highest BCUT2D eigenvalue weighted by molar-refractivity contribution is 5.33. The van der Waals surface area contributed by atoms with Crippen LogP contribution in [0.25, 0.3) is 0 Å². The maximum absolute atomic E-state index is 9.44. The second-order valence-corrected chi connectivity index (χ2v) is 9.57. The molecule has 0 aromatic heterocycles. The van der Waals surface area contributed by atoms with Crippen LogP contribution in [-0.4, -0.2) is 80.6 Å². The average Bonchev–Trinajstić information content (AvgIpc) is 3.32. The summed E-state index contributed by atoms with van der Waals surface area (Å²) < 4.78 is 11.8. The molecule has 0 unspecified atom stereocenters. The first-order valence-corrected chi connectivity index (χ1v) is 12.1. The van der Waals surface area contributed by atoms with E-state index >= 15 is 0 Å². The predicted octanol–water partition coefficient (Wildman–Crippen LogP) is 3.30. The first-order valence-electron chi connectivity index (χ1n) is 12.1. The van der Waals surface area contributed by atoms with Gasteiger partial charge in [0.15, 0.2) is 0 Å². The first-order chi connectivity index (χ1) is 14.8. The summed E-state index contributed by atoms with van der Waals surface area (Å²) in [5, 5.41) is 9.44. The smallest absolute Gasteiger partial charge is 0.119 e. The fraction of sp³-hybridized carbons (Fsp3) is 0.760. The van der Waals surface area contributed by atoms with Crippen molar-refractivity contribution in [2.75, 3.05) is 65.7 Å². The number of hydrogen-bond acceptors (Lipinski definition) is 5. The predicted molar refractivity (Wildman–Crippen MR) is 120 cm³/mol. The molecule has 30 heavy (non-hydrogen) atoms. The lowest BCUT2D eigenvalue weighted by atomic mass is 9.73. The number of benzene rings is 1. The van der Waals surface area contributed by atoms with Crippen molar-refractivity contribution in [1.82, 2.24) is 9.80 Å². The van der Waals surface area contributed by atoms with E-state index in [1.807, 2.05) is 0 Å². The molecule has 5 heteroatoms. The van der Waals surface area contributed by atoms with Crippen molar-refractivity contribution < 1.29 is 14.6 Å². The summed E-state index contributed by atoms with van der Waals surface area (Å²) in [6, 6.07) is 8.92. The van der Waals surface area contributed by atoms with Gasteiger partial charge in [-0.3, -0.25) is 0 Å². The summed E-state index contributed by atoms with van der Waals surface area (Å²) in [6.07, 6.45) is 8.22. The number of aliphatic hydroxyl groups excluding tert-OH is 1. The Bertz CT molecular complexity index is 616. The van der Waals surface area contributed by atoms with Crippen molar-refractivity contribution in [2.24, 2.45) is 5.92 Å². The summed E-state index contributed by atoms with van der Waals surface area (Å²) in [4.78, 5) is 5.16. The molecule has 0 radical (unpaired) electrons. The van der Waals surface area contributed by atoms with Crippen LogP contribution in [0, 0.1) is 5.92 Å². The fourth-order valence-electron chi connectivity index (χ4n) is 5.44. The third-order valence-corrected chi connectivity index (χ3v) is 7.49. The van der Waals surface area contributed by atoms with E-state index in [0.29, 0.717) is 12.5 Å². The molecule has 0 spiro atoms. The molecular formula is C25H40N2O3. The van der Waals surface area contributed by atoms with E-state index in [1.54, 1.807) is 0 Å². The van der Waals surface area contributed by atoms with Gasteiger partial charge in [-0.25, -0.2) is 0 Å². The van der Waals surface area contributed by atoms with Crippen LogP contribution in [-0.2, 0) is 10.2 Å². The van der Waals surface area contributed by atoms with Gasteiger partial charge >= 0.3 is 0 Å². The Morgan fingerprint density at radius 1 is 0.967 bits per heavy atom. The summed E-state index contributed by atoms with van der Waals surface area (Å²) in [5.41, 5.74) is 1.61. The number of nitrogens with zero attached hydrogens (tertiary/aromatic N) is 2. The maximum Gasteiger partial charge on any atom is 0.119 e.